The normalized spacial score (nSPS) is 17.4. The number of aromatic nitrogens is 2. The Bertz CT molecular complexity index is 541. The maximum Gasteiger partial charge on any atom is 0.190 e. The van der Waals surface area contributed by atoms with E-state index in [0.717, 1.165) is 63.8 Å². The Hall–Kier alpha value is -0.870. The standard InChI is InChI=1S/C17H31N5O2.HI/c1-13-16(14(2)22(4)21-13)6-9-20-17(18-3)19-8-5-10-24-15-7-11-23-12-15;/h15H,5-12H2,1-4H3,(H2,18,19,20);1H. The number of nitrogens with zero attached hydrogens (tertiary/aromatic N) is 3. The Kier molecular flexibility index (Phi) is 10.4. The van der Waals surface area contributed by atoms with Crippen LogP contribution >= 0.6 is 24.0 Å². The molecule has 0 amide bonds. The van der Waals surface area contributed by atoms with E-state index in [0.29, 0.717) is 0 Å². The van der Waals surface area contributed by atoms with Crippen LogP contribution in [0.25, 0.3) is 0 Å². The summed E-state index contributed by atoms with van der Waals surface area (Å²) in [5, 5.41) is 11.1. The molecule has 25 heavy (non-hydrogen) atoms. The number of aliphatic imine (C=N–C) groups is 1. The highest BCUT2D eigenvalue weighted by Gasteiger charge is 2.15. The van der Waals surface area contributed by atoms with Crippen LogP contribution in [0, 0.1) is 13.8 Å². The zero-order chi connectivity index (χ0) is 17.4. The van der Waals surface area contributed by atoms with E-state index in [-0.39, 0.29) is 30.1 Å². The van der Waals surface area contributed by atoms with Crippen molar-refractivity contribution in [3.63, 3.8) is 0 Å². The molecule has 1 atom stereocenters. The summed E-state index contributed by atoms with van der Waals surface area (Å²) >= 11 is 0. The second-order valence-corrected chi connectivity index (χ2v) is 6.16. The first-order valence-electron chi connectivity index (χ1n) is 8.74. The number of guanidine groups is 1. The molecule has 1 aromatic rings. The fourth-order valence-corrected chi connectivity index (χ4v) is 2.88. The molecule has 1 aliphatic heterocycles. The van der Waals surface area contributed by atoms with E-state index in [1.165, 1.54) is 11.3 Å². The summed E-state index contributed by atoms with van der Waals surface area (Å²) in [7, 11) is 3.78. The van der Waals surface area contributed by atoms with E-state index >= 15 is 0 Å². The van der Waals surface area contributed by atoms with Crippen molar-refractivity contribution in [2.45, 2.75) is 39.2 Å². The van der Waals surface area contributed by atoms with Crippen molar-refractivity contribution in [3.05, 3.63) is 17.0 Å². The first-order chi connectivity index (χ1) is 11.6. The van der Waals surface area contributed by atoms with Crippen molar-refractivity contribution in [2.75, 3.05) is 40.0 Å². The van der Waals surface area contributed by atoms with E-state index in [1.54, 1.807) is 7.05 Å². The lowest BCUT2D eigenvalue weighted by Crippen LogP contribution is -2.39. The first kappa shape index (κ1) is 22.2. The molecule has 0 aromatic carbocycles. The molecule has 1 aliphatic rings. The highest BCUT2D eigenvalue weighted by molar-refractivity contribution is 14.0. The van der Waals surface area contributed by atoms with Crippen LogP contribution in [-0.4, -0.2) is 61.8 Å². The van der Waals surface area contributed by atoms with Crippen molar-refractivity contribution < 1.29 is 9.47 Å². The van der Waals surface area contributed by atoms with E-state index in [2.05, 4.69) is 34.6 Å². The molecule has 2 heterocycles. The van der Waals surface area contributed by atoms with Crippen LogP contribution in [0.15, 0.2) is 4.99 Å². The van der Waals surface area contributed by atoms with Gasteiger partial charge in [0, 0.05) is 46.1 Å². The van der Waals surface area contributed by atoms with Crippen molar-refractivity contribution >= 4 is 29.9 Å². The summed E-state index contributed by atoms with van der Waals surface area (Å²) in [5.74, 6) is 0.832. The highest BCUT2D eigenvalue weighted by atomic mass is 127. The zero-order valence-corrected chi connectivity index (χ0v) is 18.1. The van der Waals surface area contributed by atoms with Crippen LogP contribution in [0.4, 0.5) is 0 Å². The van der Waals surface area contributed by atoms with Gasteiger partial charge in [-0.3, -0.25) is 9.67 Å². The van der Waals surface area contributed by atoms with Crippen LogP contribution in [0.3, 0.4) is 0 Å². The second kappa shape index (κ2) is 11.7. The summed E-state index contributed by atoms with van der Waals surface area (Å²) in [6, 6.07) is 0. The molecule has 7 nitrogen and oxygen atoms in total. The van der Waals surface area contributed by atoms with Gasteiger partial charge in [0.2, 0.25) is 0 Å². The average Bonchev–Trinajstić information content (AvgIpc) is 3.16. The number of hydrogen-bond donors (Lipinski definition) is 2. The molecule has 0 saturated carbocycles. The average molecular weight is 465 g/mol. The lowest BCUT2D eigenvalue weighted by atomic mass is 10.1. The number of halogens is 1. The molecular weight excluding hydrogens is 433 g/mol. The van der Waals surface area contributed by atoms with Crippen LogP contribution in [0.2, 0.25) is 0 Å². The van der Waals surface area contributed by atoms with Gasteiger partial charge in [-0.1, -0.05) is 0 Å². The quantitative estimate of drug-likeness (QED) is 0.264. The number of rotatable bonds is 8. The van der Waals surface area contributed by atoms with Crippen LogP contribution in [-0.2, 0) is 22.9 Å². The van der Waals surface area contributed by atoms with Gasteiger partial charge in [0.05, 0.1) is 18.4 Å². The monoisotopic (exact) mass is 465 g/mol. The second-order valence-electron chi connectivity index (χ2n) is 6.16. The predicted octanol–water partition coefficient (Wildman–Crippen LogP) is 1.56. The Morgan fingerprint density at radius 1 is 1.36 bits per heavy atom. The van der Waals surface area contributed by atoms with Crippen molar-refractivity contribution in [1.82, 2.24) is 20.4 Å². The SMILES string of the molecule is CN=C(NCCCOC1CCOC1)NCCc1c(C)nn(C)c1C.I. The number of aryl methyl sites for hydroxylation is 2. The van der Waals surface area contributed by atoms with Gasteiger partial charge in [-0.25, -0.2) is 0 Å². The van der Waals surface area contributed by atoms with Gasteiger partial charge < -0.3 is 20.1 Å². The molecule has 0 bridgehead atoms. The highest BCUT2D eigenvalue weighted by Crippen LogP contribution is 2.11. The van der Waals surface area contributed by atoms with Crippen LogP contribution in [0.1, 0.15) is 29.8 Å². The lowest BCUT2D eigenvalue weighted by Gasteiger charge is -2.13. The molecule has 2 N–H and O–H groups in total. The van der Waals surface area contributed by atoms with Gasteiger partial charge in [-0.2, -0.15) is 5.10 Å². The topological polar surface area (TPSA) is 72.7 Å². The van der Waals surface area contributed by atoms with E-state index in [9.17, 15) is 0 Å². The molecule has 0 spiro atoms. The fourth-order valence-electron chi connectivity index (χ4n) is 2.88. The molecule has 2 rings (SSSR count). The number of nitrogens with one attached hydrogen (secondary N) is 2. The van der Waals surface area contributed by atoms with Gasteiger partial charge >= 0.3 is 0 Å². The third kappa shape index (κ3) is 7.10. The minimum Gasteiger partial charge on any atom is -0.379 e. The van der Waals surface area contributed by atoms with E-state index < -0.39 is 0 Å². The molecule has 1 saturated heterocycles. The molecule has 1 fully saturated rings. The Morgan fingerprint density at radius 2 is 2.12 bits per heavy atom. The van der Waals surface area contributed by atoms with Gasteiger partial charge in [0.1, 0.15) is 0 Å². The maximum absolute atomic E-state index is 5.75. The van der Waals surface area contributed by atoms with Gasteiger partial charge in [0.15, 0.2) is 5.96 Å². The summed E-state index contributed by atoms with van der Waals surface area (Å²) in [5.41, 5.74) is 3.64. The minimum atomic E-state index is 0. The van der Waals surface area contributed by atoms with Crippen LogP contribution < -0.4 is 10.6 Å². The predicted molar refractivity (Wildman–Crippen MR) is 111 cm³/mol. The molecule has 0 radical (unpaired) electrons. The number of ether oxygens (including phenoxy) is 2. The van der Waals surface area contributed by atoms with Crippen molar-refractivity contribution in [1.29, 1.82) is 0 Å². The van der Waals surface area contributed by atoms with Crippen LogP contribution in [0.5, 0.6) is 0 Å². The first-order valence-corrected chi connectivity index (χ1v) is 8.74. The Morgan fingerprint density at radius 3 is 2.72 bits per heavy atom. The molecule has 1 unspecified atom stereocenters. The lowest BCUT2D eigenvalue weighted by molar-refractivity contribution is 0.0420. The maximum atomic E-state index is 5.75. The third-order valence-corrected chi connectivity index (χ3v) is 4.40. The van der Waals surface area contributed by atoms with Gasteiger partial charge in [0.25, 0.3) is 0 Å². The smallest absolute Gasteiger partial charge is 0.190 e. The number of hydrogen-bond acceptors (Lipinski definition) is 4. The third-order valence-electron chi connectivity index (χ3n) is 4.40. The van der Waals surface area contributed by atoms with E-state index in [1.807, 2.05) is 11.7 Å². The van der Waals surface area contributed by atoms with Crippen molar-refractivity contribution in [2.24, 2.45) is 12.0 Å². The minimum absolute atomic E-state index is 0. The van der Waals surface area contributed by atoms with Gasteiger partial charge in [-0.05, 0) is 38.7 Å². The van der Waals surface area contributed by atoms with Gasteiger partial charge in [-0.15, -0.1) is 24.0 Å². The van der Waals surface area contributed by atoms with E-state index in [4.69, 9.17) is 9.47 Å². The summed E-state index contributed by atoms with van der Waals surface area (Å²) in [6.07, 6.45) is 3.20. The summed E-state index contributed by atoms with van der Waals surface area (Å²) in [6.45, 7) is 8.18. The fraction of sp³-hybridized carbons (Fsp3) is 0.765. The summed E-state index contributed by atoms with van der Waals surface area (Å²) < 4.78 is 13.0. The largest absolute Gasteiger partial charge is 0.379 e. The Balaban J connectivity index is 0.00000312. The molecule has 0 aliphatic carbocycles. The molecule has 1 aromatic heterocycles. The Labute approximate surface area is 168 Å². The molecular formula is C17H32IN5O2. The summed E-state index contributed by atoms with van der Waals surface area (Å²) in [4.78, 5) is 4.26. The molecule has 8 heteroatoms. The zero-order valence-electron chi connectivity index (χ0n) is 15.8. The molecule has 144 valence electrons. The van der Waals surface area contributed by atoms with Crippen molar-refractivity contribution in [3.8, 4) is 0 Å².